The Morgan fingerprint density at radius 1 is 1.21 bits per heavy atom. The van der Waals surface area contributed by atoms with Crippen LogP contribution in [-0.2, 0) is 4.79 Å². The van der Waals surface area contributed by atoms with Crippen LogP contribution >= 0.6 is 23.7 Å². The third-order valence-electron chi connectivity index (χ3n) is 4.65. The number of hydrogen-bond acceptors (Lipinski definition) is 4. The van der Waals surface area contributed by atoms with Crippen molar-refractivity contribution < 1.29 is 9.59 Å². The van der Waals surface area contributed by atoms with E-state index >= 15 is 0 Å². The van der Waals surface area contributed by atoms with Gasteiger partial charge >= 0.3 is 0 Å². The van der Waals surface area contributed by atoms with Gasteiger partial charge in [0.15, 0.2) is 0 Å². The third-order valence-corrected chi connectivity index (χ3v) is 5.33. The first-order chi connectivity index (χ1) is 11.2. The van der Waals surface area contributed by atoms with Crippen molar-refractivity contribution in [1.82, 2.24) is 15.5 Å². The fourth-order valence-corrected chi connectivity index (χ4v) is 3.56. The topological polar surface area (TPSA) is 61.4 Å². The quantitative estimate of drug-likeness (QED) is 0.773. The number of carbonyl (C=O) groups excluding carboxylic acids is 2. The highest BCUT2D eigenvalue weighted by molar-refractivity contribution is 7.08. The molecule has 0 unspecified atom stereocenters. The molecule has 1 saturated carbocycles. The van der Waals surface area contributed by atoms with Gasteiger partial charge in [-0.1, -0.05) is 0 Å². The van der Waals surface area contributed by atoms with Gasteiger partial charge < -0.3 is 15.5 Å². The molecule has 0 spiro atoms. The van der Waals surface area contributed by atoms with Crippen LogP contribution in [0.1, 0.15) is 42.5 Å². The Balaban J connectivity index is 0.00000208. The Labute approximate surface area is 153 Å². The van der Waals surface area contributed by atoms with Crippen molar-refractivity contribution in [1.29, 1.82) is 0 Å². The lowest BCUT2D eigenvalue weighted by Crippen LogP contribution is -2.46. The summed E-state index contributed by atoms with van der Waals surface area (Å²) in [6.07, 6.45) is 5.22. The molecular weight excluding hydrogens is 346 g/mol. The normalized spacial score (nSPS) is 18.1. The van der Waals surface area contributed by atoms with Crippen molar-refractivity contribution in [2.24, 2.45) is 5.92 Å². The molecule has 1 aliphatic carbocycles. The lowest BCUT2D eigenvalue weighted by atomic mass is 10.0. The van der Waals surface area contributed by atoms with Crippen LogP contribution in [0.25, 0.3) is 0 Å². The highest BCUT2D eigenvalue weighted by Gasteiger charge is 2.25. The average Bonchev–Trinajstić information content (AvgIpc) is 3.24. The molecule has 2 N–H and O–H groups in total. The summed E-state index contributed by atoms with van der Waals surface area (Å²) in [5.74, 6) is 0.958. The van der Waals surface area contributed by atoms with Crippen LogP contribution in [0.2, 0.25) is 0 Å². The number of rotatable bonds is 7. The van der Waals surface area contributed by atoms with E-state index in [0.717, 1.165) is 38.4 Å². The standard InChI is InChI=1S/C17H25N3O2S.ClH/c21-16(3-7-18-17(22)14-6-10-23-12-14)20-8-4-15(5-9-20)19-11-13-1-2-13;/h6,10,12-13,15,19H,1-5,7-9,11H2,(H,18,22);1H. The fourth-order valence-electron chi connectivity index (χ4n) is 2.93. The largest absolute Gasteiger partial charge is 0.351 e. The Morgan fingerprint density at radius 2 is 1.96 bits per heavy atom. The zero-order valence-corrected chi connectivity index (χ0v) is 15.5. The summed E-state index contributed by atoms with van der Waals surface area (Å²) < 4.78 is 0. The number of halogens is 1. The molecule has 1 aromatic rings. The monoisotopic (exact) mass is 371 g/mol. The number of nitrogens with one attached hydrogen (secondary N) is 2. The third kappa shape index (κ3) is 5.76. The molecule has 134 valence electrons. The summed E-state index contributed by atoms with van der Waals surface area (Å²) in [5.41, 5.74) is 0.671. The molecule has 0 bridgehead atoms. The highest BCUT2D eigenvalue weighted by Crippen LogP contribution is 2.28. The average molecular weight is 372 g/mol. The molecule has 0 radical (unpaired) electrons. The summed E-state index contributed by atoms with van der Waals surface area (Å²) >= 11 is 1.50. The minimum absolute atomic E-state index is 0. The van der Waals surface area contributed by atoms with Crippen molar-refractivity contribution in [2.45, 2.75) is 38.1 Å². The molecule has 2 amide bonds. The molecule has 0 atom stereocenters. The summed E-state index contributed by atoms with van der Waals surface area (Å²) in [7, 11) is 0. The van der Waals surface area contributed by atoms with E-state index in [1.54, 1.807) is 6.07 Å². The van der Waals surface area contributed by atoms with Gasteiger partial charge in [0.1, 0.15) is 0 Å². The van der Waals surface area contributed by atoms with Gasteiger partial charge in [0.25, 0.3) is 5.91 Å². The van der Waals surface area contributed by atoms with Crippen LogP contribution in [0.3, 0.4) is 0 Å². The van der Waals surface area contributed by atoms with Crippen molar-refractivity contribution in [3.8, 4) is 0 Å². The van der Waals surface area contributed by atoms with E-state index in [4.69, 9.17) is 0 Å². The van der Waals surface area contributed by atoms with Crippen LogP contribution in [0.5, 0.6) is 0 Å². The molecule has 7 heteroatoms. The van der Waals surface area contributed by atoms with E-state index in [2.05, 4.69) is 10.6 Å². The van der Waals surface area contributed by atoms with Gasteiger partial charge in [-0.05, 0) is 49.6 Å². The lowest BCUT2D eigenvalue weighted by Gasteiger charge is -2.32. The second-order valence-electron chi connectivity index (χ2n) is 6.52. The SMILES string of the molecule is Cl.O=C(NCCC(=O)N1CCC(NCC2CC2)CC1)c1ccsc1. The van der Waals surface area contributed by atoms with Crippen LogP contribution < -0.4 is 10.6 Å². The second-order valence-corrected chi connectivity index (χ2v) is 7.30. The predicted octanol–water partition coefficient (Wildman–Crippen LogP) is 2.28. The smallest absolute Gasteiger partial charge is 0.252 e. The summed E-state index contributed by atoms with van der Waals surface area (Å²) in [6.45, 7) is 3.22. The van der Waals surface area contributed by atoms with Crippen LogP contribution in [0.15, 0.2) is 16.8 Å². The van der Waals surface area contributed by atoms with E-state index < -0.39 is 0 Å². The minimum Gasteiger partial charge on any atom is -0.351 e. The number of carbonyl (C=O) groups is 2. The first-order valence-electron chi connectivity index (χ1n) is 8.54. The van der Waals surface area contributed by atoms with Gasteiger partial charge in [-0.25, -0.2) is 0 Å². The molecule has 2 fully saturated rings. The molecule has 5 nitrogen and oxygen atoms in total. The van der Waals surface area contributed by atoms with Crippen LogP contribution in [-0.4, -0.2) is 48.9 Å². The first kappa shape index (κ1) is 19.2. The molecule has 1 aromatic heterocycles. The van der Waals surface area contributed by atoms with Crippen molar-refractivity contribution in [3.05, 3.63) is 22.4 Å². The molecular formula is C17H26ClN3O2S. The number of hydrogen-bond donors (Lipinski definition) is 2. The van der Waals surface area contributed by atoms with Gasteiger partial charge in [-0.3, -0.25) is 9.59 Å². The lowest BCUT2D eigenvalue weighted by molar-refractivity contribution is -0.132. The van der Waals surface area contributed by atoms with Crippen molar-refractivity contribution in [2.75, 3.05) is 26.2 Å². The molecule has 0 aromatic carbocycles. The summed E-state index contributed by atoms with van der Waals surface area (Å²) in [5, 5.41) is 10.1. The first-order valence-corrected chi connectivity index (χ1v) is 9.48. The Bertz CT molecular complexity index is 526. The number of amides is 2. The van der Waals surface area contributed by atoms with E-state index in [1.165, 1.54) is 24.2 Å². The van der Waals surface area contributed by atoms with E-state index in [9.17, 15) is 9.59 Å². The molecule has 24 heavy (non-hydrogen) atoms. The maximum atomic E-state index is 12.2. The molecule has 3 rings (SSSR count). The zero-order valence-electron chi connectivity index (χ0n) is 13.8. The number of likely N-dealkylation sites (tertiary alicyclic amines) is 1. The highest BCUT2D eigenvalue weighted by atomic mass is 35.5. The van der Waals surface area contributed by atoms with E-state index in [-0.39, 0.29) is 24.2 Å². The van der Waals surface area contributed by atoms with Gasteiger partial charge in [0.2, 0.25) is 5.91 Å². The minimum atomic E-state index is -0.0953. The molecule has 1 saturated heterocycles. The Hall–Kier alpha value is -1.11. The van der Waals surface area contributed by atoms with E-state index in [0.29, 0.717) is 24.6 Å². The predicted molar refractivity (Wildman–Crippen MR) is 98.8 cm³/mol. The molecule has 2 heterocycles. The maximum absolute atomic E-state index is 12.2. The van der Waals surface area contributed by atoms with Crippen molar-refractivity contribution in [3.63, 3.8) is 0 Å². The molecule has 1 aliphatic heterocycles. The number of piperidine rings is 1. The number of thiophene rings is 1. The second kappa shape index (κ2) is 9.39. The van der Waals surface area contributed by atoms with Gasteiger partial charge in [-0.15, -0.1) is 12.4 Å². The molecule has 2 aliphatic rings. The summed E-state index contributed by atoms with van der Waals surface area (Å²) in [6, 6.07) is 2.36. The zero-order chi connectivity index (χ0) is 16.1. The Morgan fingerprint density at radius 3 is 2.58 bits per heavy atom. The Kier molecular flexibility index (Phi) is 7.52. The van der Waals surface area contributed by atoms with Crippen LogP contribution in [0.4, 0.5) is 0 Å². The number of nitrogens with zero attached hydrogens (tertiary/aromatic N) is 1. The van der Waals surface area contributed by atoms with Gasteiger partial charge in [0, 0.05) is 43.0 Å². The van der Waals surface area contributed by atoms with Gasteiger partial charge in [0.05, 0.1) is 0 Å². The van der Waals surface area contributed by atoms with E-state index in [1.807, 2.05) is 15.7 Å². The fraction of sp³-hybridized carbons (Fsp3) is 0.647. The maximum Gasteiger partial charge on any atom is 0.252 e. The van der Waals surface area contributed by atoms with Crippen molar-refractivity contribution >= 4 is 35.6 Å². The van der Waals surface area contributed by atoms with Crippen LogP contribution in [0, 0.1) is 5.92 Å². The summed E-state index contributed by atoms with van der Waals surface area (Å²) in [4.78, 5) is 25.9. The van der Waals surface area contributed by atoms with Gasteiger partial charge in [-0.2, -0.15) is 11.3 Å².